The fraction of sp³-hybridized carbons (Fsp3) is 0.357. The number of anilines is 1. The molecule has 0 aliphatic carbocycles. The average Bonchev–Trinajstić information content (AvgIpc) is 2.96. The number of hydrogen-bond donors (Lipinski definition) is 2. The van der Waals surface area contributed by atoms with Crippen LogP contribution in [0.2, 0.25) is 0 Å². The minimum Gasteiger partial charge on any atom is -0.415 e. The summed E-state index contributed by atoms with van der Waals surface area (Å²) in [7, 11) is 0. The monoisotopic (exact) mass is 306 g/mol. The molecule has 0 saturated heterocycles. The van der Waals surface area contributed by atoms with E-state index < -0.39 is 0 Å². The van der Waals surface area contributed by atoms with Crippen LogP contribution in [0.5, 0.6) is 0 Å². The minimum absolute atomic E-state index is 0.115. The molecule has 0 radical (unpaired) electrons. The number of nitrogens with two attached hydrogens (primary N) is 1. The summed E-state index contributed by atoms with van der Waals surface area (Å²) in [6, 6.07) is 7.87. The van der Waals surface area contributed by atoms with E-state index in [1.54, 1.807) is 0 Å². The van der Waals surface area contributed by atoms with Crippen LogP contribution in [0.4, 0.5) is 5.69 Å². The Kier molecular flexibility index (Phi) is 5.77. The number of aryl methyl sites for hydroxylation is 1. The second-order valence-corrected chi connectivity index (χ2v) is 5.38. The van der Waals surface area contributed by atoms with Gasteiger partial charge in [0.05, 0.1) is 12.3 Å². The predicted molar refractivity (Wildman–Crippen MR) is 82.0 cm³/mol. The molecule has 3 N–H and O–H groups in total. The molecule has 0 spiro atoms. The van der Waals surface area contributed by atoms with E-state index in [-0.39, 0.29) is 18.2 Å². The zero-order chi connectivity index (χ0) is 15.1. The van der Waals surface area contributed by atoms with Crippen LogP contribution in [-0.4, -0.2) is 21.9 Å². The van der Waals surface area contributed by atoms with Gasteiger partial charge >= 0.3 is 0 Å². The number of carbonyl (C=O) groups excluding carboxylic acids is 1. The fourth-order valence-electron chi connectivity index (χ4n) is 1.75. The molecule has 7 heteroatoms. The number of carbonyl (C=O) groups is 1. The number of benzene rings is 1. The molecular formula is C14H18N4O2S. The molecule has 0 unspecified atom stereocenters. The highest BCUT2D eigenvalue weighted by atomic mass is 32.2. The van der Waals surface area contributed by atoms with Crippen molar-refractivity contribution >= 4 is 23.4 Å². The highest BCUT2D eigenvalue weighted by Gasteiger charge is 2.09. The number of aromatic nitrogens is 2. The third-order valence-corrected chi connectivity index (χ3v) is 3.54. The smallest absolute Gasteiger partial charge is 0.277 e. The molecule has 1 amide bonds. The second-order valence-electron chi connectivity index (χ2n) is 4.45. The first-order chi connectivity index (χ1) is 10.2. The number of thioether (sulfide) groups is 1. The molecule has 21 heavy (non-hydrogen) atoms. The average molecular weight is 306 g/mol. The van der Waals surface area contributed by atoms with Crippen molar-refractivity contribution in [3.63, 3.8) is 0 Å². The third-order valence-electron chi connectivity index (χ3n) is 2.73. The van der Waals surface area contributed by atoms with Gasteiger partial charge in [0.2, 0.25) is 11.8 Å². The maximum absolute atomic E-state index is 11.8. The van der Waals surface area contributed by atoms with Gasteiger partial charge in [-0.2, -0.15) is 0 Å². The van der Waals surface area contributed by atoms with Gasteiger partial charge in [-0.1, -0.05) is 37.2 Å². The molecule has 0 aliphatic rings. The van der Waals surface area contributed by atoms with Gasteiger partial charge < -0.3 is 15.5 Å². The lowest BCUT2D eigenvalue weighted by molar-refractivity contribution is -0.113. The molecule has 2 rings (SSSR count). The Morgan fingerprint density at radius 3 is 2.71 bits per heavy atom. The van der Waals surface area contributed by atoms with Crippen molar-refractivity contribution in [3.05, 3.63) is 35.7 Å². The van der Waals surface area contributed by atoms with Gasteiger partial charge in [0.25, 0.3) is 5.22 Å². The van der Waals surface area contributed by atoms with Crippen molar-refractivity contribution in [3.8, 4) is 0 Å². The van der Waals surface area contributed by atoms with E-state index in [1.165, 1.54) is 17.3 Å². The molecule has 0 atom stereocenters. The lowest BCUT2D eigenvalue weighted by Gasteiger charge is -2.05. The van der Waals surface area contributed by atoms with Crippen LogP contribution in [0.1, 0.15) is 24.8 Å². The van der Waals surface area contributed by atoms with E-state index in [9.17, 15) is 4.79 Å². The quantitative estimate of drug-likeness (QED) is 0.762. The summed E-state index contributed by atoms with van der Waals surface area (Å²) < 4.78 is 5.21. The maximum atomic E-state index is 11.8. The summed E-state index contributed by atoms with van der Waals surface area (Å²) in [4.78, 5) is 11.8. The van der Waals surface area contributed by atoms with Crippen molar-refractivity contribution in [2.24, 2.45) is 5.73 Å². The third kappa shape index (κ3) is 4.87. The van der Waals surface area contributed by atoms with Crippen LogP contribution in [-0.2, 0) is 17.8 Å². The summed E-state index contributed by atoms with van der Waals surface area (Å²) in [5, 5.41) is 10.7. The molecule has 1 aromatic carbocycles. The Morgan fingerprint density at radius 1 is 1.33 bits per heavy atom. The van der Waals surface area contributed by atoms with Crippen molar-refractivity contribution in [1.82, 2.24) is 10.2 Å². The van der Waals surface area contributed by atoms with Crippen LogP contribution in [0.15, 0.2) is 33.9 Å². The van der Waals surface area contributed by atoms with Crippen molar-refractivity contribution < 1.29 is 9.21 Å². The number of amides is 1. The lowest BCUT2D eigenvalue weighted by Crippen LogP contribution is -2.13. The van der Waals surface area contributed by atoms with E-state index in [0.717, 1.165) is 18.5 Å². The minimum atomic E-state index is -0.115. The van der Waals surface area contributed by atoms with Gasteiger partial charge in [-0.3, -0.25) is 4.79 Å². The van der Waals surface area contributed by atoms with E-state index in [1.807, 2.05) is 24.3 Å². The zero-order valence-electron chi connectivity index (χ0n) is 11.8. The largest absolute Gasteiger partial charge is 0.415 e. The fourth-order valence-corrected chi connectivity index (χ4v) is 2.33. The van der Waals surface area contributed by atoms with E-state index in [4.69, 9.17) is 10.2 Å². The Morgan fingerprint density at radius 2 is 2.10 bits per heavy atom. The van der Waals surface area contributed by atoms with Crippen LogP contribution in [0.25, 0.3) is 0 Å². The van der Waals surface area contributed by atoms with E-state index >= 15 is 0 Å². The van der Waals surface area contributed by atoms with Crippen molar-refractivity contribution in [2.75, 3.05) is 11.1 Å². The first-order valence-electron chi connectivity index (χ1n) is 6.75. The Balaban J connectivity index is 1.81. The van der Waals surface area contributed by atoms with Gasteiger partial charge in [0.15, 0.2) is 0 Å². The van der Waals surface area contributed by atoms with E-state index in [2.05, 4.69) is 22.4 Å². The maximum Gasteiger partial charge on any atom is 0.277 e. The van der Waals surface area contributed by atoms with Gasteiger partial charge in [0, 0.05) is 5.69 Å². The van der Waals surface area contributed by atoms with Crippen LogP contribution in [0.3, 0.4) is 0 Å². The summed E-state index contributed by atoms with van der Waals surface area (Å²) in [6.45, 7) is 2.34. The van der Waals surface area contributed by atoms with Gasteiger partial charge in [0.1, 0.15) is 0 Å². The van der Waals surface area contributed by atoms with E-state index in [0.29, 0.717) is 11.1 Å². The number of nitrogens with zero attached hydrogens (tertiary/aromatic N) is 2. The number of hydrogen-bond acceptors (Lipinski definition) is 6. The predicted octanol–water partition coefficient (Wildman–Crippen LogP) is 2.21. The zero-order valence-corrected chi connectivity index (χ0v) is 12.7. The standard InChI is InChI=1S/C14H18N4O2S/c1-2-3-10-4-6-11(7-5-10)16-12(19)9-21-14-18-17-13(8-15)20-14/h4-7H,2-3,8-9,15H2,1H3,(H,16,19). The highest BCUT2D eigenvalue weighted by molar-refractivity contribution is 7.99. The molecule has 0 fully saturated rings. The van der Waals surface area contributed by atoms with Crippen LogP contribution < -0.4 is 11.1 Å². The number of nitrogens with one attached hydrogen (secondary N) is 1. The molecule has 0 saturated carbocycles. The molecule has 1 heterocycles. The first-order valence-corrected chi connectivity index (χ1v) is 7.74. The summed E-state index contributed by atoms with van der Waals surface area (Å²) in [5.41, 5.74) is 7.42. The number of rotatable bonds is 7. The van der Waals surface area contributed by atoms with Gasteiger partial charge in [-0.25, -0.2) is 0 Å². The van der Waals surface area contributed by atoms with Crippen molar-refractivity contribution in [1.29, 1.82) is 0 Å². The second kappa shape index (κ2) is 7.80. The Labute approximate surface area is 127 Å². The topological polar surface area (TPSA) is 94.0 Å². The summed E-state index contributed by atoms with van der Waals surface area (Å²) in [6.07, 6.45) is 2.15. The van der Waals surface area contributed by atoms with Crippen LogP contribution >= 0.6 is 11.8 Å². The lowest BCUT2D eigenvalue weighted by atomic mass is 10.1. The Bertz CT molecular complexity index is 583. The SMILES string of the molecule is CCCc1ccc(NC(=O)CSc2nnc(CN)o2)cc1. The first kappa shape index (κ1) is 15.5. The normalized spacial score (nSPS) is 10.6. The molecule has 2 aromatic rings. The molecule has 112 valence electrons. The van der Waals surface area contributed by atoms with Gasteiger partial charge in [-0.15, -0.1) is 10.2 Å². The molecule has 6 nitrogen and oxygen atoms in total. The van der Waals surface area contributed by atoms with Gasteiger partial charge in [-0.05, 0) is 24.1 Å². The summed E-state index contributed by atoms with van der Waals surface area (Å²) in [5.74, 6) is 0.461. The van der Waals surface area contributed by atoms with Crippen molar-refractivity contribution in [2.45, 2.75) is 31.5 Å². The molecule has 0 aliphatic heterocycles. The Hall–Kier alpha value is -1.86. The molecule has 1 aromatic heterocycles. The summed E-state index contributed by atoms with van der Waals surface area (Å²) >= 11 is 1.19. The molecular weight excluding hydrogens is 288 g/mol. The molecule has 0 bridgehead atoms. The highest BCUT2D eigenvalue weighted by Crippen LogP contribution is 2.17. The van der Waals surface area contributed by atoms with Crippen LogP contribution in [0, 0.1) is 0 Å².